The van der Waals surface area contributed by atoms with E-state index in [1.54, 1.807) is 6.92 Å². The largest absolute Gasteiger partial charge is 0.477 e. The normalized spacial score (nSPS) is 11.2. The van der Waals surface area contributed by atoms with Crippen LogP contribution in [-0.2, 0) is 4.79 Å². The van der Waals surface area contributed by atoms with E-state index in [4.69, 9.17) is 10.9 Å². The minimum Gasteiger partial charge on any atom is -0.477 e. The highest BCUT2D eigenvalue weighted by Crippen LogP contribution is 1.93. The summed E-state index contributed by atoms with van der Waals surface area (Å²) in [6.45, 7) is 1.62. The summed E-state index contributed by atoms with van der Waals surface area (Å²) in [7, 11) is 1.48. The first kappa shape index (κ1) is 7.97. The third-order valence-corrected chi connectivity index (χ3v) is 0.873. The van der Waals surface area contributed by atoms with Crippen molar-refractivity contribution in [2.75, 3.05) is 7.05 Å². The number of rotatable bonds is 2. The summed E-state index contributed by atoms with van der Waals surface area (Å²) in [5, 5.41) is 9.41. The number of nitrogens with two attached hydrogens (primary N) is 1. The summed E-state index contributed by atoms with van der Waals surface area (Å²) in [5.41, 5.74) is 0.0926. The highest BCUT2D eigenvalue weighted by molar-refractivity contribution is 5.85. The van der Waals surface area contributed by atoms with Crippen molar-refractivity contribution in [1.82, 2.24) is 5.01 Å². The molecule has 0 saturated heterocycles. The molecule has 0 heterocycles. The number of nitrogens with zero attached hydrogens (tertiary/aromatic N) is 1. The average molecular weight is 130 g/mol. The maximum absolute atomic E-state index is 10.2. The average Bonchev–Trinajstić information content (AvgIpc) is 1.64. The Morgan fingerprint density at radius 1 is 1.78 bits per heavy atom. The molecule has 0 spiro atoms. The summed E-state index contributed by atoms with van der Waals surface area (Å²) in [5.74, 6) is 4.12. The Morgan fingerprint density at radius 3 is 2.22 bits per heavy atom. The lowest BCUT2D eigenvalue weighted by molar-refractivity contribution is -0.134. The second-order valence-corrected chi connectivity index (χ2v) is 1.59. The number of carboxylic acid groups (broad SMARTS) is 1. The Bertz CT molecular complexity index is 140. The van der Waals surface area contributed by atoms with E-state index < -0.39 is 5.97 Å². The van der Waals surface area contributed by atoms with Crippen LogP contribution in [0.15, 0.2) is 11.8 Å². The number of hydrazine groups is 1. The van der Waals surface area contributed by atoms with Gasteiger partial charge in [0.15, 0.2) is 0 Å². The molecule has 0 fully saturated rings. The van der Waals surface area contributed by atoms with E-state index in [2.05, 4.69) is 0 Å². The minimum absolute atomic E-state index is 0.0926. The molecule has 0 aliphatic carbocycles. The lowest BCUT2D eigenvalue weighted by Crippen LogP contribution is -2.29. The lowest BCUT2D eigenvalue weighted by Gasteiger charge is -2.10. The zero-order chi connectivity index (χ0) is 7.44. The lowest BCUT2D eigenvalue weighted by atomic mass is 10.4. The molecule has 0 aromatic carbocycles. The van der Waals surface area contributed by atoms with E-state index >= 15 is 0 Å². The Morgan fingerprint density at radius 2 is 2.22 bits per heavy atom. The molecule has 4 heteroatoms. The Kier molecular flexibility index (Phi) is 2.73. The molecule has 0 rings (SSSR count). The van der Waals surface area contributed by atoms with E-state index in [1.807, 2.05) is 0 Å². The number of hydrogen-bond acceptors (Lipinski definition) is 3. The number of likely N-dealkylation sites (N-methyl/N-ethyl adjacent to an activating group) is 1. The predicted molar refractivity (Wildman–Crippen MR) is 33.3 cm³/mol. The molecule has 0 amide bonds. The van der Waals surface area contributed by atoms with Crippen molar-refractivity contribution in [1.29, 1.82) is 0 Å². The maximum atomic E-state index is 10.2. The van der Waals surface area contributed by atoms with Crippen molar-refractivity contribution in [2.45, 2.75) is 6.92 Å². The van der Waals surface area contributed by atoms with Crippen LogP contribution in [0.4, 0.5) is 0 Å². The molecule has 0 unspecified atom stereocenters. The fourth-order valence-electron chi connectivity index (χ4n) is 0.478. The number of carbonyl (C=O) groups is 1. The molecule has 0 saturated carbocycles. The molecule has 9 heavy (non-hydrogen) atoms. The van der Waals surface area contributed by atoms with Crippen molar-refractivity contribution in [3.63, 3.8) is 0 Å². The van der Waals surface area contributed by atoms with Gasteiger partial charge in [-0.15, -0.1) is 0 Å². The SMILES string of the molecule is C/C=C(/C(=O)O)N(C)N. The third-order valence-electron chi connectivity index (χ3n) is 0.873. The maximum Gasteiger partial charge on any atom is 0.353 e. The summed E-state index contributed by atoms with van der Waals surface area (Å²) >= 11 is 0. The molecule has 0 aromatic heterocycles. The smallest absolute Gasteiger partial charge is 0.353 e. The third kappa shape index (κ3) is 2.14. The minimum atomic E-state index is -1.01. The summed E-state index contributed by atoms with van der Waals surface area (Å²) in [4.78, 5) is 10.2. The van der Waals surface area contributed by atoms with E-state index in [-0.39, 0.29) is 5.70 Å². The molecule has 0 aliphatic rings. The van der Waals surface area contributed by atoms with Crippen LogP contribution in [0.25, 0.3) is 0 Å². The van der Waals surface area contributed by atoms with Gasteiger partial charge in [-0.2, -0.15) is 0 Å². The topological polar surface area (TPSA) is 66.6 Å². The van der Waals surface area contributed by atoms with Gasteiger partial charge in [0.2, 0.25) is 0 Å². The zero-order valence-corrected chi connectivity index (χ0v) is 5.46. The molecule has 0 atom stereocenters. The van der Waals surface area contributed by atoms with Gasteiger partial charge in [0.05, 0.1) is 0 Å². The molecule has 52 valence electrons. The first-order valence-corrected chi connectivity index (χ1v) is 2.47. The molecule has 0 bridgehead atoms. The standard InChI is InChI=1S/C5H10N2O2/c1-3-4(5(8)9)7(2)6/h3H,6H2,1-2H3,(H,8,9)/b4-3-. The Labute approximate surface area is 53.5 Å². The zero-order valence-electron chi connectivity index (χ0n) is 5.46. The monoisotopic (exact) mass is 130 g/mol. The first-order chi connectivity index (χ1) is 4.09. The highest BCUT2D eigenvalue weighted by atomic mass is 16.4. The Hall–Kier alpha value is -1.03. The van der Waals surface area contributed by atoms with Crippen molar-refractivity contribution >= 4 is 5.97 Å². The molecule has 4 nitrogen and oxygen atoms in total. The van der Waals surface area contributed by atoms with Gasteiger partial charge in [-0.1, -0.05) is 6.08 Å². The molecule has 3 N–H and O–H groups in total. The summed E-state index contributed by atoms with van der Waals surface area (Å²) < 4.78 is 0. The van der Waals surface area contributed by atoms with E-state index in [0.717, 1.165) is 5.01 Å². The Balaban J connectivity index is 4.19. The molecule has 0 aromatic rings. The van der Waals surface area contributed by atoms with Gasteiger partial charge in [0, 0.05) is 7.05 Å². The van der Waals surface area contributed by atoms with Gasteiger partial charge in [-0.25, -0.2) is 10.6 Å². The fraction of sp³-hybridized carbons (Fsp3) is 0.400. The van der Waals surface area contributed by atoms with Crippen LogP contribution in [0.3, 0.4) is 0 Å². The van der Waals surface area contributed by atoms with Crippen LogP contribution in [0, 0.1) is 0 Å². The van der Waals surface area contributed by atoms with Crippen LogP contribution >= 0.6 is 0 Å². The van der Waals surface area contributed by atoms with Gasteiger partial charge in [0.1, 0.15) is 5.70 Å². The van der Waals surface area contributed by atoms with E-state index in [0.29, 0.717) is 0 Å². The molecular weight excluding hydrogens is 120 g/mol. The van der Waals surface area contributed by atoms with E-state index in [1.165, 1.54) is 13.1 Å². The number of hydrogen-bond donors (Lipinski definition) is 2. The molecular formula is C5H10N2O2. The number of aliphatic carboxylic acids is 1. The van der Waals surface area contributed by atoms with Crippen LogP contribution in [-0.4, -0.2) is 23.1 Å². The summed E-state index contributed by atoms with van der Waals surface area (Å²) in [6.07, 6.45) is 1.43. The van der Waals surface area contributed by atoms with Crippen molar-refractivity contribution in [3.8, 4) is 0 Å². The fourth-order valence-corrected chi connectivity index (χ4v) is 0.478. The molecule has 0 aliphatic heterocycles. The first-order valence-electron chi connectivity index (χ1n) is 2.47. The van der Waals surface area contributed by atoms with Crippen LogP contribution < -0.4 is 5.84 Å². The summed E-state index contributed by atoms with van der Waals surface area (Å²) in [6, 6.07) is 0. The van der Waals surface area contributed by atoms with E-state index in [9.17, 15) is 4.79 Å². The highest BCUT2D eigenvalue weighted by Gasteiger charge is 2.06. The number of allylic oxidation sites excluding steroid dienone is 1. The predicted octanol–water partition coefficient (Wildman–Crippen LogP) is -0.220. The van der Waals surface area contributed by atoms with Gasteiger partial charge in [-0.3, -0.25) is 0 Å². The second-order valence-electron chi connectivity index (χ2n) is 1.59. The van der Waals surface area contributed by atoms with Gasteiger partial charge in [-0.05, 0) is 6.92 Å². The van der Waals surface area contributed by atoms with Crippen molar-refractivity contribution in [3.05, 3.63) is 11.8 Å². The van der Waals surface area contributed by atoms with Crippen LogP contribution in [0.1, 0.15) is 6.92 Å². The van der Waals surface area contributed by atoms with Gasteiger partial charge < -0.3 is 10.1 Å². The van der Waals surface area contributed by atoms with Crippen molar-refractivity contribution < 1.29 is 9.90 Å². The quantitative estimate of drug-likeness (QED) is 0.308. The second kappa shape index (κ2) is 3.09. The van der Waals surface area contributed by atoms with Gasteiger partial charge >= 0.3 is 5.97 Å². The van der Waals surface area contributed by atoms with Crippen molar-refractivity contribution in [2.24, 2.45) is 5.84 Å². The van der Waals surface area contributed by atoms with Crippen LogP contribution in [0.2, 0.25) is 0 Å². The number of carboxylic acids is 1. The van der Waals surface area contributed by atoms with Crippen LogP contribution in [0.5, 0.6) is 0 Å². The van der Waals surface area contributed by atoms with Gasteiger partial charge in [0.25, 0.3) is 0 Å². The molecule has 0 radical (unpaired) electrons.